The highest BCUT2D eigenvalue weighted by Crippen LogP contribution is 2.24. The van der Waals surface area contributed by atoms with Gasteiger partial charge < -0.3 is 14.4 Å². The average molecular weight is 388 g/mol. The normalized spacial score (nSPS) is 12.3. The summed E-state index contributed by atoms with van der Waals surface area (Å²) in [6, 6.07) is 15.9. The lowest BCUT2D eigenvalue weighted by atomic mass is 9.98. The average Bonchev–Trinajstić information content (AvgIpc) is 3.35. The first-order valence-corrected chi connectivity index (χ1v) is 9.65. The number of imidazole rings is 1. The van der Waals surface area contributed by atoms with Gasteiger partial charge in [-0.15, -0.1) is 0 Å². The van der Waals surface area contributed by atoms with Crippen molar-refractivity contribution >= 4 is 16.9 Å². The quantitative estimate of drug-likeness (QED) is 0.542. The van der Waals surface area contributed by atoms with E-state index < -0.39 is 0 Å². The van der Waals surface area contributed by atoms with Crippen LogP contribution in [0.5, 0.6) is 0 Å². The topological polar surface area (TPSA) is 75.0 Å². The molecular formula is C23H24N4O2. The number of carbonyl (C=O) groups is 1. The highest BCUT2D eigenvalue weighted by Gasteiger charge is 2.21. The van der Waals surface area contributed by atoms with E-state index in [9.17, 15) is 4.79 Å². The molecular weight excluding hydrogens is 364 g/mol. The first-order chi connectivity index (χ1) is 13.9. The molecule has 0 radical (unpaired) electrons. The monoisotopic (exact) mass is 388 g/mol. The number of aromatic nitrogens is 3. The van der Waals surface area contributed by atoms with Crippen LogP contribution in [0.3, 0.4) is 0 Å². The molecule has 4 aromatic rings. The number of aryl methyl sites for hydroxylation is 2. The summed E-state index contributed by atoms with van der Waals surface area (Å²) in [5.74, 6) is 0.789. The van der Waals surface area contributed by atoms with Crippen LogP contribution in [0, 0.1) is 13.8 Å². The van der Waals surface area contributed by atoms with Gasteiger partial charge in [0.1, 0.15) is 5.82 Å². The van der Waals surface area contributed by atoms with Crippen LogP contribution in [0.1, 0.15) is 51.6 Å². The summed E-state index contributed by atoms with van der Waals surface area (Å²) in [6.45, 7) is 6.54. The lowest BCUT2D eigenvalue weighted by Crippen LogP contribution is -2.26. The summed E-state index contributed by atoms with van der Waals surface area (Å²) in [5, 5.41) is 4.11. The molecule has 4 rings (SSSR count). The van der Waals surface area contributed by atoms with Crippen molar-refractivity contribution in [3.8, 4) is 0 Å². The van der Waals surface area contributed by atoms with Crippen LogP contribution < -0.4 is 0 Å². The van der Waals surface area contributed by atoms with Crippen molar-refractivity contribution < 1.29 is 9.32 Å². The van der Waals surface area contributed by atoms with Crippen molar-refractivity contribution in [3.05, 3.63) is 82.5 Å². The Morgan fingerprint density at radius 1 is 1.14 bits per heavy atom. The molecule has 0 saturated heterocycles. The zero-order valence-corrected chi connectivity index (χ0v) is 17.1. The molecule has 1 unspecified atom stereocenters. The number of fused-ring (bicyclic) bond motifs is 1. The van der Waals surface area contributed by atoms with Crippen molar-refractivity contribution in [1.82, 2.24) is 20.0 Å². The molecule has 1 atom stereocenters. The number of hydrogen-bond donors (Lipinski definition) is 1. The third-order valence-electron chi connectivity index (χ3n) is 5.36. The first kappa shape index (κ1) is 18.9. The smallest absolute Gasteiger partial charge is 0.292 e. The van der Waals surface area contributed by atoms with Gasteiger partial charge in [0.2, 0.25) is 5.76 Å². The largest absolute Gasteiger partial charge is 0.351 e. The second-order valence-corrected chi connectivity index (χ2v) is 7.55. The first-order valence-electron chi connectivity index (χ1n) is 9.65. The molecule has 1 amide bonds. The molecule has 2 heterocycles. The molecule has 2 aromatic carbocycles. The molecule has 1 N–H and O–H groups in total. The van der Waals surface area contributed by atoms with Gasteiger partial charge in [-0.3, -0.25) is 4.79 Å². The van der Waals surface area contributed by atoms with Crippen molar-refractivity contribution in [2.24, 2.45) is 0 Å². The number of nitrogens with zero attached hydrogens (tertiary/aromatic N) is 3. The Morgan fingerprint density at radius 3 is 2.62 bits per heavy atom. The summed E-state index contributed by atoms with van der Waals surface area (Å²) in [6.07, 6.45) is 0. The van der Waals surface area contributed by atoms with E-state index in [4.69, 9.17) is 4.52 Å². The molecule has 148 valence electrons. The highest BCUT2D eigenvalue weighted by atomic mass is 16.5. The van der Waals surface area contributed by atoms with Gasteiger partial charge in [0.15, 0.2) is 0 Å². The van der Waals surface area contributed by atoms with E-state index in [2.05, 4.69) is 41.1 Å². The summed E-state index contributed by atoms with van der Waals surface area (Å²) < 4.78 is 5.35. The number of hydrogen-bond acceptors (Lipinski definition) is 4. The second kappa shape index (κ2) is 7.54. The Bertz CT molecular complexity index is 1120. The third kappa shape index (κ3) is 3.78. The van der Waals surface area contributed by atoms with Crippen LogP contribution in [-0.2, 0) is 6.54 Å². The molecule has 0 saturated carbocycles. The zero-order chi connectivity index (χ0) is 20.5. The van der Waals surface area contributed by atoms with Gasteiger partial charge in [-0.05, 0) is 42.7 Å². The van der Waals surface area contributed by atoms with Crippen LogP contribution in [0.4, 0.5) is 0 Å². The van der Waals surface area contributed by atoms with E-state index in [1.807, 2.05) is 37.3 Å². The standard InChI is InChI=1S/C23H24N4O2/c1-14-10-19-20(11-15(14)2)25-22(24-19)13-27(4)23(28)21-12-18(26-29-21)16(3)17-8-6-5-7-9-17/h5-12,16H,13H2,1-4H3,(H,24,25). The van der Waals surface area contributed by atoms with E-state index in [0.29, 0.717) is 6.54 Å². The van der Waals surface area contributed by atoms with Gasteiger partial charge >= 0.3 is 0 Å². The number of benzene rings is 2. The number of H-pyrrole nitrogens is 1. The van der Waals surface area contributed by atoms with E-state index in [1.165, 1.54) is 11.1 Å². The SMILES string of the molecule is Cc1cc2nc(CN(C)C(=O)c3cc(C(C)c4ccccc4)no3)[nH]c2cc1C. The summed E-state index contributed by atoms with van der Waals surface area (Å²) >= 11 is 0. The molecule has 6 heteroatoms. The van der Waals surface area contributed by atoms with Crippen molar-refractivity contribution in [2.45, 2.75) is 33.2 Å². The van der Waals surface area contributed by atoms with Crippen LogP contribution >= 0.6 is 0 Å². The van der Waals surface area contributed by atoms with Crippen LogP contribution in [-0.4, -0.2) is 33.0 Å². The van der Waals surface area contributed by atoms with Crippen LogP contribution in [0.15, 0.2) is 53.1 Å². The van der Waals surface area contributed by atoms with Crippen LogP contribution in [0.25, 0.3) is 11.0 Å². The Hall–Kier alpha value is -3.41. The lowest BCUT2D eigenvalue weighted by Gasteiger charge is -2.13. The fourth-order valence-electron chi connectivity index (χ4n) is 3.39. The molecule has 0 aliphatic rings. The van der Waals surface area contributed by atoms with E-state index in [-0.39, 0.29) is 17.6 Å². The van der Waals surface area contributed by atoms with Gasteiger partial charge in [-0.1, -0.05) is 42.4 Å². The lowest BCUT2D eigenvalue weighted by molar-refractivity contribution is 0.0740. The Kier molecular flexibility index (Phi) is 4.92. The molecule has 0 bridgehead atoms. The van der Waals surface area contributed by atoms with Gasteiger partial charge in [0, 0.05) is 19.0 Å². The highest BCUT2D eigenvalue weighted by molar-refractivity contribution is 5.91. The van der Waals surface area contributed by atoms with E-state index >= 15 is 0 Å². The maximum absolute atomic E-state index is 12.8. The zero-order valence-electron chi connectivity index (χ0n) is 17.1. The molecule has 0 aliphatic carbocycles. The summed E-state index contributed by atoms with van der Waals surface area (Å²) in [7, 11) is 1.73. The predicted molar refractivity (Wildman–Crippen MR) is 112 cm³/mol. The number of nitrogens with one attached hydrogen (secondary N) is 1. The van der Waals surface area contributed by atoms with Crippen molar-refractivity contribution in [3.63, 3.8) is 0 Å². The molecule has 0 spiro atoms. The van der Waals surface area contributed by atoms with Crippen LogP contribution in [0.2, 0.25) is 0 Å². The Labute approximate surface area is 169 Å². The Balaban J connectivity index is 1.49. The number of aromatic amines is 1. The van der Waals surface area contributed by atoms with Gasteiger partial charge in [-0.25, -0.2) is 4.98 Å². The maximum atomic E-state index is 12.8. The number of amides is 1. The fraction of sp³-hybridized carbons (Fsp3) is 0.261. The second-order valence-electron chi connectivity index (χ2n) is 7.55. The Morgan fingerprint density at radius 2 is 1.86 bits per heavy atom. The summed E-state index contributed by atoms with van der Waals surface area (Å²) in [4.78, 5) is 22.3. The van der Waals surface area contributed by atoms with E-state index in [1.54, 1.807) is 18.0 Å². The van der Waals surface area contributed by atoms with Crippen molar-refractivity contribution in [1.29, 1.82) is 0 Å². The van der Waals surface area contributed by atoms with Crippen molar-refractivity contribution in [2.75, 3.05) is 7.05 Å². The maximum Gasteiger partial charge on any atom is 0.292 e. The molecule has 0 fully saturated rings. The predicted octanol–water partition coefficient (Wildman–Crippen LogP) is 4.59. The minimum atomic E-state index is -0.225. The van der Waals surface area contributed by atoms with E-state index in [0.717, 1.165) is 28.1 Å². The number of rotatable bonds is 5. The van der Waals surface area contributed by atoms with Gasteiger partial charge in [-0.2, -0.15) is 0 Å². The molecule has 29 heavy (non-hydrogen) atoms. The molecule has 6 nitrogen and oxygen atoms in total. The minimum Gasteiger partial charge on any atom is -0.351 e. The van der Waals surface area contributed by atoms with Gasteiger partial charge in [0.25, 0.3) is 5.91 Å². The molecule has 2 aromatic heterocycles. The fourth-order valence-corrected chi connectivity index (χ4v) is 3.39. The minimum absolute atomic E-state index is 0.0497. The summed E-state index contributed by atoms with van der Waals surface area (Å²) in [5.41, 5.74) is 6.15. The number of carbonyl (C=O) groups excluding carboxylic acids is 1. The third-order valence-corrected chi connectivity index (χ3v) is 5.36. The molecule has 0 aliphatic heterocycles. The van der Waals surface area contributed by atoms with Gasteiger partial charge in [0.05, 0.1) is 23.3 Å².